The summed E-state index contributed by atoms with van der Waals surface area (Å²) in [6.45, 7) is 5.83. The molecule has 0 radical (unpaired) electrons. The van der Waals surface area contributed by atoms with Gasteiger partial charge in [-0.1, -0.05) is 32.5 Å². The van der Waals surface area contributed by atoms with Crippen LogP contribution >= 0.6 is 12.2 Å². The van der Waals surface area contributed by atoms with Gasteiger partial charge in [-0.15, -0.1) is 0 Å². The number of carbonyl (C=O) groups is 1. The van der Waals surface area contributed by atoms with Crippen LogP contribution in [0.3, 0.4) is 0 Å². The number of nitrogens with two attached hydrogens (primary N) is 1. The molecule has 1 aliphatic rings. The molecule has 2 atom stereocenters. The summed E-state index contributed by atoms with van der Waals surface area (Å²) in [4.78, 5) is 14.5. The lowest BCUT2D eigenvalue weighted by molar-refractivity contribution is -0.133. The zero-order valence-electron chi connectivity index (χ0n) is 10.2. The largest absolute Gasteiger partial charge is 0.393 e. The van der Waals surface area contributed by atoms with Crippen LogP contribution in [0.25, 0.3) is 0 Å². The molecular weight excluding hydrogens is 220 g/mol. The topological polar surface area (TPSA) is 46.3 Å². The van der Waals surface area contributed by atoms with Gasteiger partial charge in [0.05, 0.1) is 4.99 Å². The Bertz CT molecular complexity index is 268. The van der Waals surface area contributed by atoms with E-state index < -0.39 is 0 Å². The van der Waals surface area contributed by atoms with Crippen molar-refractivity contribution in [3.63, 3.8) is 0 Å². The molecule has 0 aliphatic carbocycles. The molecule has 1 fully saturated rings. The first-order valence-electron chi connectivity index (χ1n) is 6.11. The second-order valence-corrected chi connectivity index (χ2v) is 5.27. The van der Waals surface area contributed by atoms with E-state index in [4.69, 9.17) is 18.0 Å². The van der Waals surface area contributed by atoms with Crippen molar-refractivity contribution < 1.29 is 4.79 Å². The third-order valence-corrected chi connectivity index (χ3v) is 3.73. The molecule has 16 heavy (non-hydrogen) atoms. The summed E-state index contributed by atoms with van der Waals surface area (Å²) in [7, 11) is 0. The zero-order valence-corrected chi connectivity index (χ0v) is 11.1. The van der Waals surface area contributed by atoms with Crippen LogP contribution in [-0.2, 0) is 4.79 Å². The van der Waals surface area contributed by atoms with Gasteiger partial charge in [0.15, 0.2) is 0 Å². The Morgan fingerprint density at radius 3 is 2.88 bits per heavy atom. The molecule has 1 aliphatic heterocycles. The van der Waals surface area contributed by atoms with Gasteiger partial charge in [-0.25, -0.2) is 0 Å². The number of likely N-dealkylation sites (tertiary alicyclic amines) is 1. The van der Waals surface area contributed by atoms with Crippen LogP contribution in [0, 0.1) is 11.8 Å². The highest BCUT2D eigenvalue weighted by Crippen LogP contribution is 2.19. The molecule has 1 heterocycles. The molecular formula is C12H22N2OS. The number of carbonyl (C=O) groups excluding carboxylic acids is 1. The van der Waals surface area contributed by atoms with Crippen LogP contribution in [0.2, 0.25) is 0 Å². The van der Waals surface area contributed by atoms with Crippen molar-refractivity contribution in [2.24, 2.45) is 17.6 Å². The van der Waals surface area contributed by atoms with Gasteiger partial charge in [-0.3, -0.25) is 4.79 Å². The smallest absolute Gasteiger partial charge is 0.222 e. The minimum Gasteiger partial charge on any atom is -0.393 e. The van der Waals surface area contributed by atoms with E-state index in [1.54, 1.807) is 0 Å². The third-order valence-electron chi connectivity index (χ3n) is 3.40. The van der Waals surface area contributed by atoms with Crippen molar-refractivity contribution in [3.05, 3.63) is 0 Å². The lowest BCUT2D eigenvalue weighted by Gasteiger charge is -2.32. The van der Waals surface area contributed by atoms with Crippen LogP contribution in [-0.4, -0.2) is 28.9 Å². The predicted molar refractivity (Wildman–Crippen MR) is 70.2 cm³/mol. The third kappa shape index (κ3) is 3.74. The number of nitrogens with zero attached hydrogens (tertiary/aromatic N) is 1. The maximum absolute atomic E-state index is 12.0. The van der Waals surface area contributed by atoms with E-state index in [0.717, 1.165) is 32.4 Å². The number of amides is 1. The normalized spacial score (nSPS) is 22.9. The highest BCUT2D eigenvalue weighted by Gasteiger charge is 2.25. The van der Waals surface area contributed by atoms with E-state index in [1.807, 2.05) is 4.90 Å². The van der Waals surface area contributed by atoms with E-state index in [0.29, 0.717) is 17.3 Å². The number of hydrogen-bond donors (Lipinski definition) is 1. The lowest BCUT2D eigenvalue weighted by Crippen LogP contribution is -2.43. The summed E-state index contributed by atoms with van der Waals surface area (Å²) < 4.78 is 0. The fraction of sp³-hybridized carbons (Fsp3) is 0.833. The average Bonchev–Trinajstić information content (AvgIpc) is 2.28. The van der Waals surface area contributed by atoms with Gasteiger partial charge < -0.3 is 10.6 Å². The quantitative estimate of drug-likeness (QED) is 0.766. The van der Waals surface area contributed by atoms with Crippen LogP contribution in [0.4, 0.5) is 0 Å². The Hall–Kier alpha value is -0.640. The summed E-state index contributed by atoms with van der Waals surface area (Å²) in [6.07, 6.45) is 3.76. The van der Waals surface area contributed by atoms with Crippen LogP contribution in [0.1, 0.15) is 39.5 Å². The van der Waals surface area contributed by atoms with Crippen molar-refractivity contribution in [1.29, 1.82) is 0 Å². The van der Waals surface area contributed by atoms with Crippen LogP contribution in [0.5, 0.6) is 0 Å². The van der Waals surface area contributed by atoms with E-state index in [9.17, 15) is 4.79 Å². The molecule has 2 unspecified atom stereocenters. The Balaban J connectivity index is 2.47. The summed E-state index contributed by atoms with van der Waals surface area (Å²) in [5, 5.41) is 0. The molecule has 0 aromatic rings. The molecule has 0 bridgehead atoms. The Kier molecular flexibility index (Phi) is 5.19. The SMILES string of the molecule is CCC(C)CC(=O)N1CCCC(C(N)=S)C1. The fourth-order valence-electron chi connectivity index (χ4n) is 2.01. The average molecular weight is 242 g/mol. The standard InChI is InChI=1S/C12H22N2OS/c1-3-9(2)7-11(15)14-6-4-5-10(8-14)12(13)16/h9-10H,3-8H2,1-2H3,(H2,13,16). The Morgan fingerprint density at radius 1 is 1.62 bits per heavy atom. The molecule has 0 saturated carbocycles. The molecule has 92 valence electrons. The molecule has 1 rings (SSSR count). The van der Waals surface area contributed by atoms with E-state index in [2.05, 4.69) is 13.8 Å². The first-order valence-corrected chi connectivity index (χ1v) is 6.52. The van der Waals surface area contributed by atoms with Gasteiger partial charge in [0, 0.05) is 25.4 Å². The summed E-state index contributed by atoms with van der Waals surface area (Å²) in [6, 6.07) is 0. The monoisotopic (exact) mass is 242 g/mol. The summed E-state index contributed by atoms with van der Waals surface area (Å²) in [5.41, 5.74) is 5.65. The van der Waals surface area contributed by atoms with Crippen molar-refractivity contribution in [3.8, 4) is 0 Å². The van der Waals surface area contributed by atoms with Crippen molar-refractivity contribution in [1.82, 2.24) is 4.90 Å². The Morgan fingerprint density at radius 2 is 2.31 bits per heavy atom. The van der Waals surface area contributed by atoms with Gasteiger partial charge in [0.25, 0.3) is 0 Å². The molecule has 0 aromatic heterocycles. The van der Waals surface area contributed by atoms with Crippen molar-refractivity contribution in [2.45, 2.75) is 39.5 Å². The highest BCUT2D eigenvalue weighted by atomic mass is 32.1. The molecule has 0 spiro atoms. The second kappa shape index (κ2) is 6.18. The van der Waals surface area contributed by atoms with Crippen molar-refractivity contribution in [2.75, 3.05) is 13.1 Å². The number of hydrogen-bond acceptors (Lipinski definition) is 2. The molecule has 1 amide bonds. The van der Waals surface area contributed by atoms with Gasteiger partial charge in [0.2, 0.25) is 5.91 Å². The molecule has 4 heteroatoms. The molecule has 2 N–H and O–H groups in total. The maximum atomic E-state index is 12.0. The van der Waals surface area contributed by atoms with Gasteiger partial charge in [0.1, 0.15) is 0 Å². The van der Waals surface area contributed by atoms with E-state index in [1.165, 1.54) is 0 Å². The number of thiocarbonyl (C=S) groups is 1. The maximum Gasteiger partial charge on any atom is 0.222 e. The van der Waals surface area contributed by atoms with E-state index in [-0.39, 0.29) is 11.8 Å². The van der Waals surface area contributed by atoms with Crippen LogP contribution < -0.4 is 5.73 Å². The second-order valence-electron chi connectivity index (χ2n) is 4.80. The fourth-order valence-corrected chi connectivity index (χ4v) is 2.20. The number of piperidine rings is 1. The summed E-state index contributed by atoms with van der Waals surface area (Å²) >= 11 is 5.01. The van der Waals surface area contributed by atoms with Gasteiger partial charge in [-0.2, -0.15) is 0 Å². The highest BCUT2D eigenvalue weighted by molar-refractivity contribution is 7.80. The summed E-state index contributed by atoms with van der Waals surface area (Å²) in [5.74, 6) is 0.956. The van der Waals surface area contributed by atoms with E-state index >= 15 is 0 Å². The minimum absolute atomic E-state index is 0.227. The van der Waals surface area contributed by atoms with Gasteiger partial charge in [-0.05, 0) is 18.8 Å². The molecule has 1 saturated heterocycles. The van der Waals surface area contributed by atoms with Crippen LogP contribution in [0.15, 0.2) is 0 Å². The zero-order chi connectivity index (χ0) is 12.1. The van der Waals surface area contributed by atoms with Gasteiger partial charge >= 0.3 is 0 Å². The minimum atomic E-state index is 0.227. The first kappa shape index (κ1) is 13.4. The number of rotatable bonds is 4. The predicted octanol–water partition coefficient (Wildman–Crippen LogP) is 1.95. The lowest BCUT2D eigenvalue weighted by atomic mass is 9.96. The van der Waals surface area contributed by atoms with Crippen molar-refractivity contribution >= 4 is 23.1 Å². The Labute approximate surface area is 103 Å². The first-order chi connectivity index (χ1) is 7.54. The molecule has 3 nitrogen and oxygen atoms in total. The molecule has 0 aromatic carbocycles.